The van der Waals surface area contributed by atoms with Crippen LogP contribution in [0.3, 0.4) is 0 Å². The van der Waals surface area contributed by atoms with Gasteiger partial charge in [0.15, 0.2) is 0 Å². The Morgan fingerprint density at radius 3 is 2.33 bits per heavy atom. The van der Waals surface area contributed by atoms with Crippen LogP contribution in [0.5, 0.6) is 0 Å². The SMILES string of the molecule is CCC(CC=CCCC(C)C(=O)OCCCS(=O)(=O)O)C1CCC(C(C)(C)C)CC1. The fourth-order valence-corrected chi connectivity index (χ4v) is 5.04. The first kappa shape index (κ1) is 27.2. The van der Waals surface area contributed by atoms with E-state index in [0.717, 1.165) is 37.0 Å². The molecule has 0 spiro atoms. The predicted molar refractivity (Wildman–Crippen MR) is 123 cm³/mol. The Balaban J connectivity index is 2.26. The number of carbonyl (C=O) groups is 1. The molecule has 5 nitrogen and oxygen atoms in total. The Morgan fingerprint density at radius 1 is 1.17 bits per heavy atom. The summed E-state index contributed by atoms with van der Waals surface area (Å²) in [5.41, 5.74) is 0.432. The molecular formula is C24H44O5S. The van der Waals surface area contributed by atoms with Crippen molar-refractivity contribution in [3.8, 4) is 0 Å². The van der Waals surface area contributed by atoms with Crippen LogP contribution in [-0.2, 0) is 19.6 Å². The summed E-state index contributed by atoms with van der Waals surface area (Å²) in [7, 11) is -3.99. The number of hydrogen-bond acceptors (Lipinski definition) is 4. The maximum Gasteiger partial charge on any atom is 0.308 e. The average Bonchev–Trinajstić information content (AvgIpc) is 2.66. The van der Waals surface area contributed by atoms with Crippen molar-refractivity contribution in [3.63, 3.8) is 0 Å². The molecule has 1 rings (SSSR count). The molecule has 0 aromatic heterocycles. The summed E-state index contributed by atoms with van der Waals surface area (Å²) >= 11 is 0. The Morgan fingerprint density at radius 2 is 1.80 bits per heavy atom. The van der Waals surface area contributed by atoms with E-state index in [0.29, 0.717) is 5.41 Å². The van der Waals surface area contributed by atoms with Crippen molar-refractivity contribution in [2.75, 3.05) is 12.4 Å². The molecule has 2 unspecified atom stereocenters. The predicted octanol–water partition coefficient (Wildman–Crippen LogP) is 6.05. The second-order valence-corrected chi connectivity index (χ2v) is 11.7. The molecule has 0 aromatic carbocycles. The Bertz CT molecular complexity index is 624. The molecule has 0 saturated heterocycles. The molecule has 1 N–H and O–H groups in total. The lowest BCUT2D eigenvalue weighted by Crippen LogP contribution is -2.28. The molecule has 0 bridgehead atoms. The molecule has 0 radical (unpaired) electrons. The van der Waals surface area contributed by atoms with Crippen molar-refractivity contribution in [3.05, 3.63) is 12.2 Å². The van der Waals surface area contributed by atoms with Gasteiger partial charge in [0.2, 0.25) is 0 Å². The zero-order valence-electron chi connectivity index (χ0n) is 19.7. The molecule has 0 aliphatic heterocycles. The van der Waals surface area contributed by atoms with Gasteiger partial charge in [-0.1, -0.05) is 53.2 Å². The molecule has 6 heteroatoms. The molecule has 30 heavy (non-hydrogen) atoms. The first-order valence-electron chi connectivity index (χ1n) is 11.7. The second kappa shape index (κ2) is 12.8. The molecule has 1 aliphatic carbocycles. The lowest BCUT2D eigenvalue weighted by atomic mass is 9.67. The van der Waals surface area contributed by atoms with Gasteiger partial charge in [-0.3, -0.25) is 9.35 Å². The van der Waals surface area contributed by atoms with Crippen LogP contribution in [0.2, 0.25) is 0 Å². The van der Waals surface area contributed by atoms with Gasteiger partial charge in [0.1, 0.15) is 0 Å². The molecule has 176 valence electrons. The van der Waals surface area contributed by atoms with Crippen molar-refractivity contribution in [2.24, 2.45) is 29.1 Å². The molecule has 1 fully saturated rings. The average molecular weight is 445 g/mol. The van der Waals surface area contributed by atoms with Gasteiger partial charge in [0, 0.05) is 0 Å². The third-order valence-corrected chi connectivity index (χ3v) is 7.56. The number of carbonyl (C=O) groups excluding carboxylic acids is 1. The monoisotopic (exact) mass is 444 g/mol. The first-order chi connectivity index (χ1) is 13.9. The zero-order chi connectivity index (χ0) is 22.8. The Labute approximate surface area is 184 Å². The van der Waals surface area contributed by atoms with E-state index < -0.39 is 10.1 Å². The molecule has 0 aromatic rings. The van der Waals surface area contributed by atoms with Gasteiger partial charge in [-0.2, -0.15) is 8.42 Å². The summed E-state index contributed by atoms with van der Waals surface area (Å²) in [6.45, 7) is 11.3. The minimum absolute atomic E-state index is 0.0223. The molecule has 1 saturated carbocycles. The van der Waals surface area contributed by atoms with Gasteiger partial charge in [0.25, 0.3) is 10.1 Å². The number of allylic oxidation sites excluding steroid dienone is 2. The van der Waals surface area contributed by atoms with Crippen LogP contribution in [0.4, 0.5) is 0 Å². The highest BCUT2D eigenvalue weighted by molar-refractivity contribution is 7.85. The largest absolute Gasteiger partial charge is 0.465 e. The van der Waals surface area contributed by atoms with Crippen molar-refractivity contribution >= 4 is 16.1 Å². The van der Waals surface area contributed by atoms with Crippen LogP contribution >= 0.6 is 0 Å². The summed E-state index contributed by atoms with van der Waals surface area (Å²) in [5, 5.41) is 0. The molecule has 2 atom stereocenters. The fourth-order valence-electron chi connectivity index (χ4n) is 4.56. The van der Waals surface area contributed by atoms with Gasteiger partial charge >= 0.3 is 5.97 Å². The maximum absolute atomic E-state index is 11.9. The van der Waals surface area contributed by atoms with Crippen LogP contribution in [-0.4, -0.2) is 31.3 Å². The quantitative estimate of drug-likeness (QED) is 0.171. The topological polar surface area (TPSA) is 80.7 Å². The minimum Gasteiger partial charge on any atom is -0.465 e. The number of esters is 1. The summed E-state index contributed by atoms with van der Waals surface area (Å²) in [6, 6.07) is 0. The minimum atomic E-state index is -3.99. The van der Waals surface area contributed by atoms with Crippen LogP contribution in [0.25, 0.3) is 0 Å². The lowest BCUT2D eigenvalue weighted by molar-refractivity contribution is -0.148. The highest BCUT2D eigenvalue weighted by atomic mass is 32.2. The van der Waals surface area contributed by atoms with Crippen molar-refractivity contribution in [1.29, 1.82) is 0 Å². The normalized spacial score (nSPS) is 22.7. The highest BCUT2D eigenvalue weighted by Crippen LogP contribution is 2.43. The third-order valence-electron chi connectivity index (χ3n) is 6.75. The lowest BCUT2D eigenvalue weighted by Gasteiger charge is -2.39. The van der Waals surface area contributed by atoms with E-state index in [1.165, 1.54) is 32.1 Å². The standard InChI is InChI=1S/C24H44O5S/c1-6-20(21-13-15-22(16-14-21)24(3,4)5)12-9-7-8-11-19(2)23(25)29-17-10-18-30(26,27)28/h7,9,19-22H,6,8,10-18H2,1-5H3,(H,26,27,28). The molecule has 1 aliphatic rings. The first-order valence-corrected chi connectivity index (χ1v) is 13.3. The van der Waals surface area contributed by atoms with Crippen molar-refractivity contribution < 1.29 is 22.5 Å². The van der Waals surface area contributed by atoms with Crippen molar-refractivity contribution in [2.45, 2.75) is 92.4 Å². The molecule has 0 heterocycles. The van der Waals surface area contributed by atoms with Gasteiger partial charge in [-0.05, 0) is 74.5 Å². The van der Waals surface area contributed by atoms with E-state index in [2.05, 4.69) is 39.8 Å². The molecule has 0 amide bonds. The van der Waals surface area contributed by atoms with Crippen LogP contribution < -0.4 is 0 Å². The number of ether oxygens (including phenoxy) is 1. The van der Waals surface area contributed by atoms with Gasteiger partial charge in [0.05, 0.1) is 18.3 Å². The summed E-state index contributed by atoms with van der Waals surface area (Å²) in [4.78, 5) is 11.9. The van der Waals surface area contributed by atoms with E-state index in [-0.39, 0.29) is 30.7 Å². The fraction of sp³-hybridized carbons (Fsp3) is 0.875. The summed E-state index contributed by atoms with van der Waals surface area (Å²) in [6.07, 6.45) is 13.9. The third kappa shape index (κ3) is 10.9. The summed E-state index contributed by atoms with van der Waals surface area (Å²) in [5.74, 6) is 1.56. The number of rotatable bonds is 12. The maximum atomic E-state index is 11.9. The Hall–Kier alpha value is -0.880. The highest BCUT2D eigenvalue weighted by Gasteiger charge is 2.31. The van der Waals surface area contributed by atoms with Crippen molar-refractivity contribution in [1.82, 2.24) is 0 Å². The van der Waals surface area contributed by atoms with E-state index in [1.807, 2.05) is 6.92 Å². The number of hydrogen-bond donors (Lipinski definition) is 1. The second-order valence-electron chi connectivity index (χ2n) is 10.1. The Kier molecular flexibility index (Phi) is 11.6. The van der Waals surface area contributed by atoms with E-state index in [1.54, 1.807) is 0 Å². The van der Waals surface area contributed by atoms with E-state index in [4.69, 9.17) is 9.29 Å². The zero-order valence-corrected chi connectivity index (χ0v) is 20.5. The smallest absolute Gasteiger partial charge is 0.308 e. The van der Waals surface area contributed by atoms with Crippen LogP contribution in [0, 0.1) is 29.1 Å². The van der Waals surface area contributed by atoms with E-state index in [9.17, 15) is 13.2 Å². The van der Waals surface area contributed by atoms with E-state index >= 15 is 0 Å². The summed E-state index contributed by atoms with van der Waals surface area (Å²) < 4.78 is 35.0. The molecular weight excluding hydrogens is 400 g/mol. The van der Waals surface area contributed by atoms with Gasteiger partial charge < -0.3 is 4.74 Å². The van der Waals surface area contributed by atoms with Gasteiger partial charge in [-0.25, -0.2) is 0 Å². The van der Waals surface area contributed by atoms with Gasteiger partial charge in [-0.15, -0.1) is 0 Å². The van der Waals surface area contributed by atoms with Crippen LogP contribution in [0.1, 0.15) is 92.4 Å². The van der Waals surface area contributed by atoms with Crippen LogP contribution in [0.15, 0.2) is 12.2 Å².